The lowest BCUT2D eigenvalue weighted by Crippen LogP contribution is -2.04. The van der Waals surface area contributed by atoms with Crippen molar-refractivity contribution in [2.45, 2.75) is 12.5 Å². The molecule has 0 aliphatic heterocycles. The standard InChI is InChI=1S/C13H11ClO4/c14-9-3-1-8(2-4-9)11-5-6-12(18-11)10(15)7-13(16)17/h1-6,10,15H,7H2,(H,16,17). The second kappa shape index (κ2) is 5.25. The van der Waals surface area contributed by atoms with Gasteiger partial charge in [0.1, 0.15) is 17.6 Å². The van der Waals surface area contributed by atoms with Crippen molar-refractivity contribution in [1.82, 2.24) is 0 Å². The number of carboxylic acid groups (broad SMARTS) is 1. The molecule has 1 atom stereocenters. The summed E-state index contributed by atoms with van der Waals surface area (Å²) in [5, 5.41) is 18.8. The van der Waals surface area contributed by atoms with Crippen LogP contribution in [0.25, 0.3) is 11.3 Å². The largest absolute Gasteiger partial charge is 0.481 e. The fraction of sp³-hybridized carbons (Fsp3) is 0.154. The molecule has 18 heavy (non-hydrogen) atoms. The molecule has 0 amide bonds. The van der Waals surface area contributed by atoms with Gasteiger partial charge in [-0.05, 0) is 36.4 Å². The highest BCUT2D eigenvalue weighted by molar-refractivity contribution is 6.30. The lowest BCUT2D eigenvalue weighted by atomic mass is 10.2. The second-order valence-electron chi connectivity index (χ2n) is 3.82. The number of carboxylic acids is 1. The summed E-state index contributed by atoms with van der Waals surface area (Å²) in [5.41, 5.74) is 0.813. The topological polar surface area (TPSA) is 70.7 Å². The normalized spacial score (nSPS) is 12.3. The van der Waals surface area contributed by atoms with Crippen LogP contribution in [-0.4, -0.2) is 16.2 Å². The zero-order valence-electron chi connectivity index (χ0n) is 9.34. The van der Waals surface area contributed by atoms with Crippen molar-refractivity contribution in [1.29, 1.82) is 0 Å². The minimum absolute atomic E-state index is 0.238. The number of hydrogen-bond acceptors (Lipinski definition) is 3. The van der Waals surface area contributed by atoms with E-state index in [9.17, 15) is 9.90 Å². The highest BCUT2D eigenvalue weighted by Gasteiger charge is 2.16. The molecule has 0 saturated heterocycles. The van der Waals surface area contributed by atoms with Crippen LogP contribution >= 0.6 is 11.6 Å². The van der Waals surface area contributed by atoms with Gasteiger partial charge in [-0.15, -0.1) is 0 Å². The van der Waals surface area contributed by atoms with E-state index < -0.39 is 12.1 Å². The fourth-order valence-corrected chi connectivity index (χ4v) is 1.69. The monoisotopic (exact) mass is 266 g/mol. The van der Waals surface area contributed by atoms with Gasteiger partial charge in [0.25, 0.3) is 0 Å². The molecule has 0 bridgehead atoms. The highest BCUT2D eigenvalue weighted by atomic mass is 35.5. The van der Waals surface area contributed by atoms with Crippen molar-refractivity contribution >= 4 is 17.6 Å². The Morgan fingerprint density at radius 1 is 1.22 bits per heavy atom. The molecule has 1 aromatic heterocycles. The number of carbonyl (C=O) groups is 1. The number of benzene rings is 1. The third kappa shape index (κ3) is 2.91. The minimum atomic E-state index is -1.14. The second-order valence-corrected chi connectivity index (χ2v) is 4.26. The minimum Gasteiger partial charge on any atom is -0.481 e. The van der Waals surface area contributed by atoms with Gasteiger partial charge in [0.15, 0.2) is 0 Å². The maximum Gasteiger partial charge on any atom is 0.306 e. The zero-order valence-corrected chi connectivity index (χ0v) is 10.1. The molecule has 2 rings (SSSR count). The molecular weight excluding hydrogens is 256 g/mol. The summed E-state index contributed by atoms with van der Waals surface area (Å²) in [6.07, 6.45) is -1.52. The number of halogens is 1. The molecule has 2 N–H and O–H groups in total. The maximum atomic E-state index is 10.5. The van der Waals surface area contributed by atoms with E-state index in [-0.39, 0.29) is 12.2 Å². The van der Waals surface area contributed by atoms with E-state index in [1.807, 2.05) is 0 Å². The van der Waals surface area contributed by atoms with Crippen LogP contribution in [-0.2, 0) is 4.79 Å². The lowest BCUT2D eigenvalue weighted by molar-refractivity contribution is -0.139. The van der Waals surface area contributed by atoms with E-state index in [0.717, 1.165) is 5.56 Å². The Hall–Kier alpha value is -1.78. The van der Waals surface area contributed by atoms with Crippen LogP contribution in [0.4, 0.5) is 0 Å². The van der Waals surface area contributed by atoms with E-state index in [0.29, 0.717) is 10.8 Å². The maximum absolute atomic E-state index is 10.5. The predicted octanol–water partition coefficient (Wildman–Crippen LogP) is 3.11. The van der Waals surface area contributed by atoms with Gasteiger partial charge in [-0.3, -0.25) is 4.79 Å². The number of furan rings is 1. The molecule has 0 spiro atoms. The summed E-state index contributed by atoms with van der Waals surface area (Å²) in [7, 11) is 0. The first-order valence-corrected chi connectivity index (χ1v) is 5.69. The van der Waals surface area contributed by atoms with Gasteiger partial charge in [0.05, 0.1) is 6.42 Å². The third-order valence-electron chi connectivity index (χ3n) is 2.45. The summed E-state index contributed by atoms with van der Waals surface area (Å²) in [4.78, 5) is 10.5. The van der Waals surface area contributed by atoms with Crippen LogP contribution in [0.3, 0.4) is 0 Å². The Bertz CT molecular complexity index is 544. The molecule has 0 aliphatic carbocycles. The fourth-order valence-electron chi connectivity index (χ4n) is 1.57. The molecule has 1 aromatic carbocycles. The molecule has 1 unspecified atom stereocenters. The van der Waals surface area contributed by atoms with Gasteiger partial charge in [-0.2, -0.15) is 0 Å². The quantitative estimate of drug-likeness (QED) is 0.892. The Balaban J connectivity index is 2.19. The molecule has 94 valence electrons. The van der Waals surface area contributed by atoms with E-state index >= 15 is 0 Å². The van der Waals surface area contributed by atoms with Crippen molar-refractivity contribution in [3.8, 4) is 11.3 Å². The van der Waals surface area contributed by atoms with Crippen LogP contribution in [0, 0.1) is 0 Å². The molecular formula is C13H11ClO4. The SMILES string of the molecule is O=C(O)CC(O)c1ccc(-c2ccc(Cl)cc2)o1. The van der Waals surface area contributed by atoms with Gasteiger partial charge >= 0.3 is 5.97 Å². The average molecular weight is 267 g/mol. The highest BCUT2D eigenvalue weighted by Crippen LogP contribution is 2.27. The molecule has 1 heterocycles. The number of aliphatic carboxylic acids is 1. The number of aliphatic hydroxyl groups is 1. The zero-order chi connectivity index (χ0) is 13.1. The molecule has 0 aliphatic rings. The first kappa shape index (κ1) is 12.7. The van der Waals surface area contributed by atoms with Crippen LogP contribution in [0.5, 0.6) is 0 Å². The molecule has 2 aromatic rings. The van der Waals surface area contributed by atoms with Gasteiger partial charge in [-0.1, -0.05) is 11.6 Å². The van der Waals surface area contributed by atoms with Gasteiger partial charge < -0.3 is 14.6 Å². The average Bonchev–Trinajstić information content (AvgIpc) is 2.78. The first-order valence-electron chi connectivity index (χ1n) is 5.32. The van der Waals surface area contributed by atoms with Crippen molar-refractivity contribution < 1.29 is 19.4 Å². The van der Waals surface area contributed by atoms with Crippen molar-refractivity contribution in [3.63, 3.8) is 0 Å². The Morgan fingerprint density at radius 2 is 1.89 bits per heavy atom. The summed E-state index contributed by atoms with van der Waals surface area (Å²) in [6, 6.07) is 10.3. The van der Waals surface area contributed by atoms with Gasteiger partial charge in [-0.25, -0.2) is 0 Å². The molecule has 0 radical (unpaired) electrons. The van der Waals surface area contributed by atoms with Crippen LogP contribution in [0.15, 0.2) is 40.8 Å². The number of hydrogen-bond donors (Lipinski definition) is 2. The Kier molecular flexibility index (Phi) is 3.69. The van der Waals surface area contributed by atoms with Crippen LogP contribution in [0.1, 0.15) is 18.3 Å². The lowest BCUT2D eigenvalue weighted by Gasteiger charge is -2.03. The Morgan fingerprint density at radius 3 is 2.50 bits per heavy atom. The van der Waals surface area contributed by atoms with E-state index in [4.69, 9.17) is 21.1 Å². The first-order chi connectivity index (χ1) is 8.56. The molecule has 0 saturated carbocycles. The third-order valence-corrected chi connectivity index (χ3v) is 2.70. The Labute approximate surface area is 108 Å². The predicted molar refractivity (Wildman–Crippen MR) is 66.4 cm³/mol. The van der Waals surface area contributed by atoms with Crippen molar-refractivity contribution in [2.75, 3.05) is 0 Å². The van der Waals surface area contributed by atoms with Gasteiger partial charge in [0.2, 0.25) is 0 Å². The van der Waals surface area contributed by atoms with Crippen LogP contribution in [0.2, 0.25) is 5.02 Å². The number of aliphatic hydroxyl groups excluding tert-OH is 1. The summed E-state index contributed by atoms with van der Waals surface area (Å²) in [5.74, 6) is -0.277. The van der Waals surface area contributed by atoms with Crippen LogP contribution < -0.4 is 0 Å². The summed E-state index contributed by atoms with van der Waals surface area (Å²) < 4.78 is 5.42. The van der Waals surface area contributed by atoms with Gasteiger partial charge in [0, 0.05) is 10.6 Å². The summed E-state index contributed by atoms with van der Waals surface area (Å²) in [6.45, 7) is 0. The molecule has 4 nitrogen and oxygen atoms in total. The number of rotatable bonds is 4. The molecule has 0 fully saturated rings. The van der Waals surface area contributed by atoms with Crippen molar-refractivity contribution in [3.05, 3.63) is 47.2 Å². The smallest absolute Gasteiger partial charge is 0.306 e. The molecule has 5 heteroatoms. The van der Waals surface area contributed by atoms with Crippen molar-refractivity contribution in [2.24, 2.45) is 0 Å². The van der Waals surface area contributed by atoms with E-state index in [1.54, 1.807) is 36.4 Å². The summed E-state index contributed by atoms with van der Waals surface area (Å²) >= 11 is 5.78. The van der Waals surface area contributed by atoms with E-state index in [1.165, 1.54) is 0 Å². The van der Waals surface area contributed by atoms with E-state index in [2.05, 4.69) is 0 Å².